The van der Waals surface area contributed by atoms with Crippen LogP contribution in [0.2, 0.25) is 0 Å². The second kappa shape index (κ2) is 8.23. The fraction of sp³-hybridized carbons (Fsp3) is 1.00. The van der Waals surface area contributed by atoms with Gasteiger partial charge in [0.05, 0.1) is 0 Å². The van der Waals surface area contributed by atoms with Gasteiger partial charge in [0.2, 0.25) is 0 Å². The largest absolute Gasteiger partial charge is 0.381 e. The Hall–Kier alpha value is -0.120. The lowest BCUT2D eigenvalue weighted by Crippen LogP contribution is -2.42. The maximum absolute atomic E-state index is 5.67. The zero-order valence-electron chi connectivity index (χ0n) is 12.9. The van der Waals surface area contributed by atoms with Crippen LogP contribution in [-0.4, -0.2) is 50.3 Å². The van der Waals surface area contributed by atoms with Gasteiger partial charge >= 0.3 is 0 Å². The summed E-state index contributed by atoms with van der Waals surface area (Å²) in [6, 6.07) is 0.669. The van der Waals surface area contributed by atoms with Gasteiger partial charge in [-0.1, -0.05) is 6.92 Å². The number of likely N-dealkylation sites (tertiary alicyclic amines) is 1. The molecule has 2 aliphatic rings. The quantitative estimate of drug-likeness (QED) is 0.650. The Morgan fingerprint density at radius 3 is 2.58 bits per heavy atom. The molecule has 0 bridgehead atoms. The fourth-order valence-corrected chi connectivity index (χ4v) is 2.97. The highest BCUT2D eigenvalue weighted by Gasteiger charge is 2.23. The summed E-state index contributed by atoms with van der Waals surface area (Å²) in [4.78, 5) is 2.56. The Kier molecular flexibility index (Phi) is 6.62. The highest BCUT2D eigenvalue weighted by Crippen LogP contribution is 2.28. The van der Waals surface area contributed by atoms with Crippen molar-refractivity contribution in [2.45, 2.75) is 52.0 Å². The van der Waals surface area contributed by atoms with Gasteiger partial charge in [-0.2, -0.15) is 0 Å². The molecule has 1 N–H and O–H groups in total. The average Bonchev–Trinajstić information content (AvgIpc) is 3.26. The second-order valence-electron chi connectivity index (χ2n) is 6.39. The molecule has 0 aromatic heterocycles. The predicted molar refractivity (Wildman–Crippen MR) is 80.5 cm³/mol. The Balaban J connectivity index is 1.45. The molecule has 0 aromatic carbocycles. The normalized spacial score (nSPS) is 23.7. The fourth-order valence-electron chi connectivity index (χ4n) is 2.97. The first-order valence-corrected chi connectivity index (χ1v) is 8.33. The summed E-state index contributed by atoms with van der Waals surface area (Å²) in [6.07, 6.45) is 6.67. The van der Waals surface area contributed by atoms with Gasteiger partial charge in [-0.3, -0.25) is 0 Å². The summed E-state index contributed by atoms with van der Waals surface area (Å²) in [5.41, 5.74) is 0. The van der Waals surface area contributed by atoms with Crippen LogP contribution in [0.3, 0.4) is 0 Å². The maximum atomic E-state index is 5.67. The van der Waals surface area contributed by atoms with Gasteiger partial charge < -0.3 is 15.0 Å². The van der Waals surface area contributed by atoms with E-state index in [9.17, 15) is 0 Å². The summed E-state index contributed by atoms with van der Waals surface area (Å²) in [7, 11) is 0. The molecule has 0 amide bonds. The van der Waals surface area contributed by atoms with Crippen molar-refractivity contribution >= 4 is 0 Å². The Labute approximate surface area is 119 Å². The van der Waals surface area contributed by atoms with Crippen molar-refractivity contribution in [1.82, 2.24) is 10.2 Å². The molecule has 1 unspecified atom stereocenters. The highest BCUT2D eigenvalue weighted by atomic mass is 16.5. The maximum Gasteiger partial charge on any atom is 0.0494 e. The molecule has 2 fully saturated rings. The van der Waals surface area contributed by atoms with Crippen LogP contribution in [0.5, 0.6) is 0 Å². The third kappa shape index (κ3) is 5.80. The number of nitrogens with zero attached hydrogens (tertiary/aromatic N) is 1. The number of ether oxygens (including phenoxy) is 1. The second-order valence-corrected chi connectivity index (χ2v) is 6.39. The first kappa shape index (κ1) is 15.3. The van der Waals surface area contributed by atoms with Crippen molar-refractivity contribution in [1.29, 1.82) is 0 Å². The summed E-state index contributed by atoms with van der Waals surface area (Å²) in [5.74, 6) is 1.77. The van der Waals surface area contributed by atoms with Crippen LogP contribution in [0.25, 0.3) is 0 Å². The molecule has 1 heterocycles. The average molecular weight is 268 g/mol. The number of rotatable bonds is 9. The molecular weight excluding hydrogens is 236 g/mol. The Bertz CT molecular complexity index is 235. The molecule has 1 saturated carbocycles. The van der Waals surface area contributed by atoms with Crippen LogP contribution in [-0.2, 0) is 4.74 Å². The van der Waals surface area contributed by atoms with Gasteiger partial charge in [-0.05, 0) is 77.0 Å². The van der Waals surface area contributed by atoms with Gasteiger partial charge in [0.25, 0.3) is 0 Å². The van der Waals surface area contributed by atoms with E-state index in [-0.39, 0.29) is 0 Å². The molecule has 3 heteroatoms. The third-order valence-corrected chi connectivity index (χ3v) is 4.77. The molecule has 1 aliphatic carbocycles. The van der Waals surface area contributed by atoms with Crippen molar-refractivity contribution in [3.05, 3.63) is 0 Å². The monoisotopic (exact) mass is 268 g/mol. The summed E-state index contributed by atoms with van der Waals surface area (Å²) >= 11 is 0. The minimum absolute atomic E-state index is 0.669. The van der Waals surface area contributed by atoms with E-state index in [0.717, 1.165) is 38.0 Å². The van der Waals surface area contributed by atoms with E-state index >= 15 is 0 Å². The first-order chi connectivity index (χ1) is 9.29. The van der Waals surface area contributed by atoms with Crippen LogP contribution in [0, 0.1) is 11.8 Å². The minimum atomic E-state index is 0.669. The zero-order valence-corrected chi connectivity index (χ0v) is 12.9. The lowest BCUT2D eigenvalue weighted by molar-refractivity contribution is 0.119. The van der Waals surface area contributed by atoms with Crippen LogP contribution in [0.1, 0.15) is 46.0 Å². The molecule has 0 spiro atoms. The highest BCUT2D eigenvalue weighted by molar-refractivity contribution is 4.79. The third-order valence-electron chi connectivity index (χ3n) is 4.77. The van der Waals surface area contributed by atoms with Crippen LogP contribution < -0.4 is 5.32 Å². The number of nitrogens with one attached hydrogen (secondary N) is 1. The molecule has 19 heavy (non-hydrogen) atoms. The van der Waals surface area contributed by atoms with Crippen LogP contribution in [0.4, 0.5) is 0 Å². The molecule has 1 aliphatic heterocycles. The number of hydrogen-bond acceptors (Lipinski definition) is 3. The summed E-state index contributed by atoms with van der Waals surface area (Å²) in [6.45, 7) is 11.5. The molecule has 3 nitrogen and oxygen atoms in total. The lowest BCUT2D eigenvalue weighted by Gasteiger charge is -2.34. The van der Waals surface area contributed by atoms with Crippen molar-refractivity contribution in [2.24, 2.45) is 11.8 Å². The van der Waals surface area contributed by atoms with E-state index < -0.39 is 0 Å². The first-order valence-electron chi connectivity index (χ1n) is 8.33. The summed E-state index contributed by atoms with van der Waals surface area (Å²) in [5, 5.41) is 3.69. The van der Waals surface area contributed by atoms with Crippen molar-refractivity contribution in [3.63, 3.8) is 0 Å². The molecule has 112 valence electrons. The standard InChI is InChI=1S/C16H32N2O/c1-3-18-10-7-16(8-11-18)14(2)17-9-4-12-19-13-15-5-6-15/h14-17H,3-13H2,1-2H3. The molecule has 2 rings (SSSR count). The van der Waals surface area contributed by atoms with E-state index in [1.807, 2.05) is 0 Å². The lowest BCUT2D eigenvalue weighted by atomic mass is 9.90. The topological polar surface area (TPSA) is 24.5 Å². The van der Waals surface area contributed by atoms with Gasteiger partial charge in [0.15, 0.2) is 0 Å². The Morgan fingerprint density at radius 1 is 1.21 bits per heavy atom. The molecular formula is C16H32N2O. The van der Waals surface area contributed by atoms with E-state index in [1.165, 1.54) is 45.3 Å². The number of piperidine rings is 1. The van der Waals surface area contributed by atoms with Crippen LogP contribution >= 0.6 is 0 Å². The van der Waals surface area contributed by atoms with E-state index in [4.69, 9.17) is 4.74 Å². The number of hydrogen-bond donors (Lipinski definition) is 1. The summed E-state index contributed by atoms with van der Waals surface area (Å²) < 4.78 is 5.67. The van der Waals surface area contributed by atoms with Crippen molar-refractivity contribution in [3.8, 4) is 0 Å². The SMILES string of the molecule is CCN1CCC(C(C)NCCCOCC2CC2)CC1. The van der Waals surface area contributed by atoms with Crippen molar-refractivity contribution in [2.75, 3.05) is 39.4 Å². The van der Waals surface area contributed by atoms with E-state index in [2.05, 4.69) is 24.1 Å². The molecule has 0 radical (unpaired) electrons. The van der Waals surface area contributed by atoms with E-state index in [1.54, 1.807) is 0 Å². The zero-order chi connectivity index (χ0) is 13.5. The van der Waals surface area contributed by atoms with Crippen LogP contribution in [0.15, 0.2) is 0 Å². The van der Waals surface area contributed by atoms with Gasteiger partial charge in [0, 0.05) is 19.3 Å². The van der Waals surface area contributed by atoms with Crippen molar-refractivity contribution < 1.29 is 4.74 Å². The van der Waals surface area contributed by atoms with Gasteiger partial charge in [-0.15, -0.1) is 0 Å². The van der Waals surface area contributed by atoms with Gasteiger partial charge in [-0.25, -0.2) is 0 Å². The Morgan fingerprint density at radius 2 is 1.95 bits per heavy atom. The molecule has 1 atom stereocenters. The van der Waals surface area contributed by atoms with Gasteiger partial charge in [0.1, 0.15) is 0 Å². The molecule has 1 saturated heterocycles. The smallest absolute Gasteiger partial charge is 0.0494 e. The predicted octanol–water partition coefficient (Wildman–Crippen LogP) is 2.51. The van der Waals surface area contributed by atoms with E-state index in [0.29, 0.717) is 6.04 Å². The molecule has 0 aromatic rings. The minimum Gasteiger partial charge on any atom is -0.381 e.